The number of carboxylic acid groups (broad SMARTS) is 1. The van der Waals surface area contributed by atoms with Crippen LogP contribution in [0.5, 0.6) is 0 Å². The Morgan fingerprint density at radius 3 is 2.62 bits per heavy atom. The fourth-order valence-electron chi connectivity index (χ4n) is 3.34. The van der Waals surface area contributed by atoms with Gasteiger partial charge in [0.2, 0.25) is 0 Å². The van der Waals surface area contributed by atoms with Gasteiger partial charge in [0.25, 0.3) is 0 Å². The van der Waals surface area contributed by atoms with Gasteiger partial charge in [-0.2, -0.15) is 0 Å². The molecule has 0 aromatic heterocycles. The fraction of sp³-hybridized carbons (Fsp3) is 0.867. The van der Waals surface area contributed by atoms with Crippen LogP contribution >= 0.6 is 0 Å². The van der Waals surface area contributed by atoms with Gasteiger partial charge in [0.1, 0.15) is 0 Å². The average Bonchev–Trinajstić information content (AvgIpc) is 2.98. The standard InChI is InChI=1S/C15H26N2O4/c1-2-21-15(20)17-9-12(14(18)19)7-13(10-17)16-8-11-5-3-4-6-11/h11-13,16H,2-10H2,1H3,(H,18,19). The van der Waals surface area contributed by atoms with E-state index in [9.17, 15) is 14.7 Å². The lowest BCUT2D eigenvalue weighted by Crippen LogP contribution is -2.53. The molecule has 2 unspecified atom stereocenters. The number of nitrogens with zero attached hydrogens (tertiary/aromatic N) is 1. The number of piperidine rings is 1. The van der Waals surface area contributed by atoms with Crippen molar-refractivity contribution in [2.24, 2.45) is 11.8 Å². The van der Waals surface area contributed by atoms with E-state index >= 15 is 0 Å². The van der Waals surface area contributed by atoms with Crippen LogP contribution in [-0.4, -0.2) is 54.4 Å². The fourth-order valence-corrected chi connectivity index (χ4v) is 3.34. The highest BCUT2D eigenvalue weighted by atomic mass is 16.6. The van der Waals surface area contributed by atoms with Crippen LogP contribution in [0.4, 0.5) is 4.79 Å². The molecule has 1 saturated heterocycles. The van der Waals surface area contributed by atoms with Crippen LogP contribution < -0.4 is 5.32 Å². The van der Waals surface area contributed by atoms with Crippen molar-refractivity contribution in [1.82, 2.24) is 10.2 Å². The number of amides is 1. The molecule has 0 spiro atoms. The summed E-state index contributed by atoms with van der Waals surface area (Å²) < 4.78 is 5.00. The Labute approximate surface area is 125 Å². The zero-order chi connectivity index (χ0) is 15.2. The van der Waals surface area contributed by atoms with Crippen molar-refractivity contribution in [3.05, 3.63) is 0 Å². The van der Waals surface area contributed by atoms with Gasteiger partial charge in [-0.3, -0.25) is 4.79 Å². The number of carboxylic acids is 1. The number of rotatable bonds is 5. The van der Waals surface area contributed by atoms with E-state index in [1.807, 2.05) is 0 Å². The maximum atomic E-state index is 11.9. The highest BCUT2D eigenvalue weighted by molar-refractivity contribution is 5.73. The third-order valence-electron chi connectivity index (χ3n) is 4.50. The quantitative estimate of drug-likeness (QED) is 0.807. The third kappa shape index (κ3) is 4.59. The molecule has 2 aliphatic rings. The molecule has 120 valence electrons. The van der Waals surface area contributed by atoms with Gasteiger partial charge in [0.15, 0.2) is 0 Å². The van der Waals surface area contributed by atoms with E-state index in [1.54, 1.807) is 6.92 Å². The highest BCUT2D eigenvalue weighted by Gasteiger charge is 2.34. The largest absolute Gasteiger partial charge is 0.481 e. The van der Waals surface area contributed by atoms with Gasteiger partial charge < -0.3 is 20.1 Å². The number of nitrogens with one attached hydrogen (secondary N) is 1. The highest BCUT2D eigenvalue weighted by Crippen LogP contribution is 2.25. The molecule has 1 saturated carbocycles. The van der Waals surface area contributed by atoms with E-state index in [2.05, 4.69) is 5.32 Å². The summed E-state index contributed by atoms with van der Waals surface area (Å²) in [6.45, 7) is 3.78. The molecule has 2 fully saturated rings. The molecule has 21 heavy (non-hydrogen) atoms. The van der Waals surface area contributed by atoms with Crippen molar-refractivity contribution in [2.45, 2.75) is 45.1 Å². The monoisotopic (exact) mass is 298 g/mol. The molecule has 6 heteroatoms. The van der Waals surface area contributed by atoms with E-state index in [-0.39, 0.29) is 12.6 Å². The topological polar surface area (TPSA) is 78.9 Å². The van der Waals surface area contributed by atoms with Gasteiger partial charge in [0, 0.05) is 19.1 Å². The lowest BCUT2D eigenvalue weighted by atomic mass is 9.94. The molecular formula is C15H26N2O4. The predicted octanol–water partition coefficient (Wildman–Crippen LogP) is 1.70. The third-order valence-corrected chi connectivity index (χ3v) is 4.50. The summed E-state index contributed by atoms with van der Waals surface area (Å²) >= 11 is 0. The Kier molecular flexibility index (Phi) is 5.85. The number of hydrogen-bond donors (Lipinski definition) is 2. The van der Waals surface area contributed by atoms with Gasteiger partial charge in [-0.1, -0.05) is 12.8 Å². The summed E-state index contributed by atoms with van der Waals surface area (Å²) in [5.74, 6) is -0.646. The minimum Gasteiger partial charge on any atom is -0.481 e. The number of aliphatic carboxylic acids is 1. The van der Waals surface area contributed by atoms with Crippen LogP contribution in [0, 0.1) is 11.8 Å². The molecule has 0 radical (unpaired) electrons. The minimum absolute atomic E-state index is 0.0462. The molecule has 2 atom stereocenters. The van der Waals surface area contributed by atoms with Crippen LogP contribution in [0.15, 0.2) is 0 Å². The van der Waals surface area contributed by atoms with E-state index in [1.165, 1.54) is 30.6 Å². The van der Waals surface area contributed by atoms with Crippen LogP contribution in [0.3, 0.4) is 0 Å². The molecule has 2 rings (SSSR count). The first kappa shape index (κ1) is 16.1. The maximum absolute atomic E-state index is 11.9. The van der Waals surface area contributed by atoms with E-state index in [0.717, 1.165) is 6.54 Å². The summed E-state index contributed by atoms with van der Waals surface area (Å²) in [6, 6.07) is 0.0462. The van der Waals surface area contributed by atoms with Crippen LogP contribution in [-0.2, 0) is 9.53 Å². The Hall–Kier alpha value is -1.30. The summed E-state index contributed by atoms with van der Waals surface area (Å²) in [5, 5.41) is 12.7. The molecule has 2 N–H and O–H groups in total. The Bertz CT molecular complexity index is 369. The number of carbonyl (C=O) groups is 2. The van der Waals surface area contributed by atoms with Crippen molar-refractivity contribution < 1.29 is 19.4 Å². The number of likely N-dealkylation sites (tertiary alicyclic amines) is 1. The van der Waals surface area contributed by atoms with Crippen molar-refractivity contribution in [2.75, 3.05) is 26.2 Å². The minimum atomic E-state index is -0.836. The second kappa shape index (κ2) is 7.64. The first-order valence-electron chi connectivity index (χ1n) is 7.98. The van der Waals surface area contributed by atoms with Gasteiger partial charge in [0.05, 0.1) is 12.5 Å². The molecule has 6 nitrogen and oxygen atoms in total. The Morgan fingerprint density at radius 2 is 2.00 bits per heavy atom. The molecular weight excluding hydrogens is 272 g/mol. The molecule has 0 aromatic carbocycles. The molecule has 1 heterocycles. The first-order valence-corrected chi connectivity index (χ1v) is 7.98. The van der Waals surface area contributed by atoms with Crippen molar-refractivity contribution in [1.29, 1.82) is 0 Å². The zero-order valence-corrected chi connectivity index (χ0v) is 12.7. The summed E-state index contributed by atoms with van der Waals surface area (Å²) in [4.78, 5) is 24.7. The van der Waals surface area contributed by atoms with Crippen LogP contribution in [0.25, 0.3) is 0 Å². The molecule has 0 bridgehead atoms. The molecule has 1 amide bonds. The zero-order valence-electron chi connectivity index (χ0n) is 12.7. The summed E-state index contributed by atoms with van der Waals surface area (Å²) in [5.41, 5.74) is 0. The smallest absolute Gasteiger partial charge is 0.409 e. The SMILES string of the molecule is CCOC(=O)N1CC(NCC2CCCC2)CC(C(=O)O)C1. The van der Waals surface area contributed by atoms with Crippen LogP contribution in [0.2, 0.25) is 0 Å². The van der Waals surface area contributed by atoms with E-state index in [4.69, 9.17) is 4.74 Å². The molecule has 1 aliphatic heterocycles. The van der Waals surface area contributed by atoms with Crippen molar-refractivity contribution >= 4 is 12.1 Å². The van der Waals surface area contributed by atoms with Gasteiger partial charge in [-0.05, 0) is 38.6 Å². The summed E-state index contributed by atoms with van der Waals surface area (Å²) in [6.07, 6.45) is 5.27. The second-order valence-electron chi connectivity index (χ2n) is 6.13. The Balaban J connectivity index is 1.89. The predicted molar refractivity (Wildman–Crippen MR) is 78.1 cm³/mol. The molecule has 1 aliphatic carbocycles. The number of hydrogen-bond acceptors (Lipinski definition) is 4. The number of ether oxygens (including phenoxy) is 1. The maximum Gasteiger partial charge on any atom is 0.409 e. The summed E-state index contributed by atoms with van der Waals surface area (Å²) in [7, 11) is 0. The van der Waals surface area contributed by atoms with Crippen molar-refractivity contribution in [3.8, 4) is 0 Å². The lowest BCUT2D eigenvalue weighted by molar-refractivity contribution is -0.143. The van der Waals surface area contributed by atoms with Gasteiger partial charge >= 0.3 is 12.1 Å². The van der Waals surface area contributed by atoms with E-state index in [0.29, 0.717) is 25.5 Å². The lowest BCUT2D eigenvalue weighted by Gasteiger charge is -2.36. The normalized spacial score (nSPS) is 26.8. The first-order chi connectivity index (χ1) is 10.1. The van der Waals surface area contributed by atoms with Crippen molar-refractivity contribution in [3.63, 3.8) is 0 Å². The van der Waals surface area contributed by atoms with Crippen LogP contribution in [0.1, 0.15) is 39.0 Å². The average molecular weight is 298 g/mol. The van der Waals surface area contributed by atoms with Gasteiger partial charge in [-0.25, -0.2) is 4.79 Å². The molecule has 0 aromatic rings. The number of carbonyl (C=O) groups excluding carboxylic acids is 1. The van der Waals surface area contributed by atoms with E-state index < -0.39 is 18.0 Å². The van der Waals surface area contributed by atoms with Gasteiger partial charge in [-0.15, -0.1) is 0 Å². The Morgan fingerprint density at radius 1 is 1.29 bits per heavy atom. The second-order valence-corrected chi connectivity index (χ2v) is 6.13.